The fraction of sp³-hybridized carbons (Fsp3) is 0.500. The summed E-state index contributed by atoms with van der Waals surface area (Å²) >= 11 is 0. The second-order valence-electron chi connectivity index (χ2n) is 3.59. The van der Waals surface area contributed by atoms with Crippen LogP contribution in [-0.4, -0.2) is 28.2 Å². The van der Waals surface area contributed by atoms with E-state index in [0.717, 1.165) is 18.7 Å². The molecule has 0 saturated heterocycles. The highest BCUT2D eigenvalue weighted by Crippen LogP contribution is 2.38. The van der Waals surface area contributed by atoms with Gasteiger partial charge < -0.3 is 9.84 Å². The minimum absolute atomic E-state index is 0.120. The number of carboxylic acid groups (broad SMARTS) is 1. The van der Waals surface area contributed by atoms with Crippen molar-refractivity contribution in [1.29, 1.82) is 0 Å². The first-order chi connectivity index (χ1) is 7.20. The predicted molar refractivity (Wildman–Crippen MR) is 51.9 cm³/mol. The quantitative estimate of drug-likeness (QED) is 0.798. The summed E-state index contributed by atoms with van der Waals surface area (Å²) in [5.74, 6) is 0.700. The summed E-state index contributed by atoms with van der Waals surface area (Å²) in [6.07, 6.45) is 3.63. The molecule has 0 radical (unpaired) electrons. The molecule has 1 fully saturated rings. The number of aliphatic carboxylic acids is 1. The van der Waals surface area contributed by atoms with E-state index in [1.807, 2.05) is 0 Å². The normalized spacial score (nSPS) is 15.0. The minimum atomic E-state index is -0.909. The monoisotopic (exact) mass is 208 g/mol. The van der Waals surface area contributed by atoms with Gasteiger partial charge >= 0.3 is 5.97 Å². The van der Waals surface area contributed by atoms with E-state index in [4.69, 9.17) is 9.84 Å². The topological polar surface area (TPSA) is 72.3 Å². The number of aromatic nitrogens is 2. The van der Waals surface area contributed by atoms with Crippen molar-refractivity contribution in [2.45, 2.75) is 25.2 Å². The summed E-state index contributed by atoms with van der Waals surface area (Å²) in [5, 5.41) is 8.72. The lowest BCUT2D eigenvalue weighted by atomic mass is 10.2. The summed E-state index contributed by atoms with van der Waals surface area (Å²) in [6.45, 7) is 0. The highest BCUT2D eigenvalue weighted by molar-refractivity contribution is 5.70. The molecule has 1 N–H and O–H groups in total. The molecule has 0 amide bonds. The number of carbonyl (C=O) groups is 1. The number of nitrogens with zero attached hydrogens (tertiary/aromatic N) is 2. The maximum atomic E-state index is 10.6. The van der Waals surface area contributed by atoms with Crippen LogP contribution >= 0.6 is 0 Å². The van der Waals surface area contributed by atoms with E-state index in [1.165, 1.54) is 7.11 Å². The number of rotatable bonds is 4. The van der Waals surface area contributed by atoms with Crippen molar-refractivity contribution in [2.75, 3.05) is 7.11 Å². The summed E-state index contributed by atoms with van der Waals surface area (Å²) < 4.78 is 5.01. The Bertz CT molecular complexity index is 388. The van der Waals surface area contributed by atoms with Crippen LogP contribution in [0.1, 0.15) is 30.3 Å². The van der Waals surface area contributed by atoms with Crippen LogP contribution in [0.4, 0.5) is 0 Å². The first-order valence-corrected chi connectivity index (χ1v) is 4.82. The van der Waals surface area contributed by atoms with Gasteiger partial charge in [0.2, 0.25) is 0 Å². The molecule has 1 saturated carbocycles. The molecule has 0 atom stereocenters. The van der Waals surface area contributed by atoms with Crippen molar-refractivity contribution in [1.82, 2.24) is 9.97 Å². The zero-order valence-electron chi connectivity index (χ0n) is 8.43. The Morgan fingerprint density at radius 1 is 1.67 bits per heavy atom. The van der Waals surface area contributed by atoms with Gasteiger partial charge in [-0.25, -0.2) is 9.97 Å². The van der Waals surface area contributed by atoms with Gasteiger partial charge in [-0.3, -0.25) is 4.79 Å². The fourth-order valence-corrected chi connectivity index (χ4v) is 1.40. The van der Waals surface area contributed by atoms with Crippen molar-refractivity contribution in [3.63, 3.8) is 0 Å². The van der Waals surface area contributed by atoms with Crippen LogP contribution in [0.5, 0.6) is 5.75 Å². The Labute approximate surface area is 87.1 Å². The van der Waals surface area contributed by atoms with Crippen molar-refractivity contribution in [3.05, 3.63) is 17.7 Å². The van der Waals surface area contributed by atoms with Gasteiger partial charge in [0, 0.05) is 5.92 Å². The van der Waals surface area contributed by atoms with E-state index >= 15 is 0 Å². The molecule has 0 unspecified atom stereocenters. The molecule has 1 aromatic heterocycles. The first kappa shape index (κ1) is 9.89. The van der Waals surface area contributed by atoms with Gasteiger partial charge in [0.1, 0.15) is 5.82 Å². The molecule has 0 aromatic carbocycles. The molecule has 5 heteroatoms. The summed E-state index contributed by atoms with van der Waals surface area (Å²) in [7, 11) is 1.49. The molecule has 1 aromatic rings. The maximum Gasteiger partial charge on any atom is 0.309 e. The number of hydrogen-bond donors (Lipinski definition) is 1. The Morgan fingerprint density at radius 2 is 2.40 bits per heavy atom. The minimum Gasteiger partial charge on any atom is -0.493 e. The Morgan fingerprint density at radius 3 is 2.93 bits per heavy atom. The number of carboxylic acids is 1. The summed E-state index contributed by atoms with van der Waals surface area (Å²) in [5.41, 5.74) is 0.460. The zero-order valence-corrected chi connectivity index (χ0v) is 8.43. The molecule has 1 aliphatic carbocycles. The number of hydrogen-bond acceptors (Lipinski definition) is 4. The smallest absolute Gasteiger partial charge is 0.309 e. The predicted octanol–water partition coefficient (Wildman–Crippen LogP) is 0.990. The largest absolute Gasteiger partial charge is 0.493 e. The molecule has 1 aliphatic rings. The molecule has 2 rings (SSSR count). The SMILES string of the molecule is COc1cnc(C2CC2)nc1CC(=O)O. The van der Waals surface area contributed by atoms with Crippen LogP contribution in [0.15, 0.2) is 6.20 Å². The summed E-state index contributed by atoms with van der Waals surface area (Å²) in [6, 6.07) is 0. The number of ether oxygens (including phenoxy) is 1. The average molecular weight is 208 g/mol. The molecular weight excluding hydrogens is 196 g/mol. The second-order valence-corrected chi connectivity index (χ2v) is 3.59. The third-order valence-corrected chi connectivity index (χ3v) is 2.33. The summed E-state index contributed by atoms with van der Waals surface area (Å²) in [4.78, 5) is 19.0. The Kier molecular flexibility index (Phi) is 2.53. The van der Waals surface area contributed by atoms with E-state index in [-0.39, 0.29) is 6.42 Å². The van der Waals surface area contributed by atoms with Gasteiger partial charge in [-0.1, -0.05) is 0 Å². The van der Waals surface area contributed by atoms with Gasteiger partial charge in [0.25, 0.3) is 0 Å². The third-order valence-electron chi connectivity index (χ3n) is 2.33. The zero-order chi connectivity index (χ0) is 10.8. The second kappa shape index (κ2) is 3.84. The van der Waals surface area contributed by atoms with Crippen molar-refractivity contribution < 1.29 is 14.6 Å². The molecule has 0 aliphatic heterocycles. The van der Waals surface area contributed by atoms with E-state index < -0.39 is 5.97 Å². The van der Waals surface area contributed by atoms with Gasteiger partial charge in [0.05, 0.1) is 25.4 Å². The molecule has 0 spiro atoms. The molecular formula is C10H12N2O3. The van der Waals surface area contributed by atoms with Crippen molar-refractivity contribution in [3.8, 4) is 5.75 Å². The number of methoxy groups -OCH3 is 1. The van der Waals surface area contributed by atoms with Crippen LogP contribution in [0, 0.1) is 0 Å². The van der Waals surface area contributed by atoms with Crippen molar-refractivity contribution >= 4 is 5.97 Å². The van der Waals surface area contributed by atoms with Gasteiger partial charge in [-0.05, 0) is 12.8 Å². The Hall–Kier alpha value is -1.65. The lowest BCUT2D eigenvalue weighted by Crippen LogP contribution is -2.07. The third kappa shape index (κ3) is 2.23. The first-order valence-electron chi connectivity index (χ1n) is 4.82. The van der Waals surface area contributed by atoms with Crippen molar-refractivity contribution in [2.24, 2.45) is 0 Å². The van der Waals surface area contributed by atoms with Crippen LogP contribution in [0.2, 0.25) is 0 Å². The van der Waals surface area contributed by atoms with E-state index in [0.29, 0.717) is 17.4 Å². The van der Waals surface area contributed by atoms with E-state index in [9.17, 15) is 4.79 Å². The van der Waals surface area contributed by atoms with Crippen LogP contribution in [-0.2, 0) is 11.2 Å². The molecule has 80 valence electrons. The lowest BCUT2D eigenvalue weighted by Gasteiger charge is -2.06. The average Bonchev–Trinajstić information content (AvgIpc) is 3.00. The lowest BCUT2D eigenvalue weighted by molar-refractivity contribution is -0.136. The highest BCUT2D eigenvalue weighted by Gasteiger charge is 2.27. The molecule has 1 heterocycles. The van der Waals surface area contributed by atoms with Crippen LogP contribution < -0.4 is 4.74 Å². The fourth-order valence-electron chi connectivity index (χ4n) is 1.40. The van der Waals surface area contributed by atoms with E-state index in [2.05, 4.69) is 9.97 Å². The highest BCUT2D eigenvalue weighted by atomic mass is 16.5. The molecule has 0 bridgehead atoms. The Balaban J connectivity index is 2.29. The van der Waals surface area contributed by atoms with Gasteiger partial charge in [-0.2, -0.15) is 0 Å². The van der Waals surface area contributed by atoms with Crippen LogP contribution in [0.25, 0.3) is 0 Å². The maximum absolute atomic E-state index is 10.6. The van der Waals surface area contributed by atoms with Crippen LogP contribution in [0.3, 0.4) is 0 Å². The van der Waals surface area contributed by atoms with Gasteiger partial charge in [0.15, 0.2) is 5.75 Å². The molecule has 5 nitrogen and oxygen atoms in total. The van der Waals surface area contributed by atoms with E-state index in [1.54, 1.807) is 6.20 Å². The standard InChI is InChI=1S/C10H12N2O3/c1-15-8-5-11-10(6-2-3-6)12-7(8)4-9(13)14/h5-6H,2-4H2,1H3,(H,13,14). The van der Waals surface area contributed by atoms with Gasteiger partial charge in [-0.15, -0.1) is 0 Å². The molecule has 15 heavy (non-hydrogen) atoms.